The van der Waals surface area contributed by atoms with E-state index in [1.54, 1.807) is 0 Å². The smallest absolute Gasteiger partial charge is 0.326 e. The minimum absolute atomic E-state index is 0.155. The predicted octanol–water partition coefficient (Wildman–Crippen LogP) is 2.90. The molecule has 1 atom stereocenters. The summed E-state index contributed by atoms with van der Waals surface area (Å²) in [4.78, 5) is 12.1. The van der Waals surface area contributed by atoms with Gasteiger partial charge in [0.2, 0.25) is 0 Å². The van der Waals surface area contributed by atoms with Crippen LogP contribution < -0.4 is 5.32 Å². The Morgan fingerprint density at radius 2 is 2.05 bits per heavy atom. The highest BCUT2D eigenvalue weighted by Crippen LogP contribution is 2.25. The molecule has 0 bridgehead atoms. The molecule has 0 aromatic heterocycles. The zero-order valence-electron chi connectivity index (χ0n) is 13.5. The van der Waals surface area contributed by atoms with E-state index in [-0.39, 0.29) is 5.97 Å². The molecule has 0 heterocycles. The van der Waals surface area contributed by atoms with Crippen LogP contribution in [0, 0.1) is 5.92 Å². The molecule has 0 aliphatic heterocycles. The molecule has 1 unspecified atom stereocenters. The third-order valence-electron chi connectivity index (χ3n) is 3.64. The molecule has 1 aliphatic rings. The lowest BCUT2D eigenvalue weighted by molar-refractivity contribution is -0.151. The van der Waals surface area contributed by atoms with Gasteiger partial charge in [-0.05, 0) is 51.9 Å². The fraction of sp³-hybridized carbons (Fsp3) is 0.938. The van der Waals surface area contributed by atoms with Gasteiger partial charge in [0, 0.05) is 19.3 Å². The molecule has 20 heavy (non-hydrogen) atoms. The van der Waals surface area contributed by atoms with E-state index >= 15 is 0 Å². The normalized spacial score (nSPS) is 18.1. The summed E-state index contributed by atoms with van der Waals surface area (Å²) in [6.45, 7) is 10.0. The van der Waals surface area contributed by atoms with Crippen LogP contribution in [-0.2, 0) is 14.3 Å². The van der Waals surface area contributed by atoms with Crippen molar-refractivity contribution in [1.82, 2.24) is 5.32 Å². The number of hydrogen-bond donors (Lipinski definition) is 1. The molecule has 0 spiro atoms. The van der Waals surface area contributed by atoms with Crippen LogP contribution in [0.15, 0.2) is 0 Å². The van der Waals surface area contributed by atoms with Gasteiger partial charge >= 0.3 is 5.97 Å². The number of esters is 1. The summed E-state index contributed by atoms with van der Waals surface area (Å²) < 4.78 is 10.9. The van der Waals surface area contributed by atoms with Gasteiger partial charge in [-0.15, -0.1) is 0 Å². The van der Waals surface area contributed by atoms with Crippen molar-refractivity contribution >= 4 is 5.97 Å². The fourth-order valence-electron chi connectivity index (χ4n) is 2.17. The van der Waals surface area contributed by atoms with Crippen molar-refractivity contribution in [2.45, 2.75) is 71.4 Å². The van der Waals surface area contributed by atoms with Gasteiger partial charge in [-0.1, -0.05) is 13.8 Å². The zero-order chi connectivity index (χ0) is 15.0. The lowest BCUT2D eigenvalue weighted by Crippen LogP contribution is -2.52. The summed E-state index contributed by atoms with van der Waals surface area (Å²) in [5, 5.41) is 3.41. The summed E-state index contributed by atoms with van der Waals surface area (Å²) in [6, 6.07) is 0.477. The van der Waals surface area contributed by atoms with Crippen LogP contribution in [0.5, 0.6) is 0 Å². The molecule has 1 N–H and O–H groups in total. The van der Waals surface area contributed by atoms with Crippen LogP contribution in [-0.4, -0.2) is 37.4 Å². The molecule has 0 radical (unpaired) electrons. The molecule has 0 amide bonds. The van der Waals surface area contributed by atoms with Crippen LogP contribution in [0.4, 0.5) is 0 Å². The van der Waals surface area contributed by atoms with E-state index in [2.05, 4.69) is 19.2 Å². The van der Waals surface area contributed by atoms with Crippen LogP contribution >= 0.6 is 0 Å². The Kier molecular flexibility index (Phi) is 7.52. The van der Waals surface area contributed by atoms with Crippen molar-refractivity contribution in [3.63, 3.8) is 0 Å². The number of nitrogens with one attached hydrogen (secondary N) is 1. The van der Waals surface area contributed by atoms with Crippen molar-refractivity contribution < 1.29 is 14.3 Å². The maximum Gasteiger partial charge on any atom is 0.326 e. The standard InChI is InChI=1S/C16H31NO3/c1-5-20-15(18)16(4,17-14-8-9-14)10-12-19-11-6-7-13(2)3/h13-14,17H,5-12H2,1-4H3. The van der Waals surface area contributed by atoms with Gasteiger partial charge in [0.25, 0.3) is 0 Å². The van der Waals surface area contributed by atoms with E-state index < -0.39 is 5.54 Å². The average molecular weight is 285 g/mol. The number of hydrogen-bond acceptors (Lipinski definition) is 4. The maximum absolute atomic E-state index is 12.1. The van der Waals surface area contributed by atoms with Gasteiger partial charge in [0.1, 0.15) is 5.54 Å². The first-order chi connectivity index (χ1) is 9.48. The first-order valence-corrected chi connectivity index (χ1v) is 8.00. The van der Waals surface area contributed by atoms with E-state index in [1.807, 2.05) is 13.8 Å². The largest absolute Gasteiger partial charge is 0.465 e. The minimum Gasteiger partial charge on any atom is -0.465 e. The Morgan fingerprint density at radius 1 is 1.35 bits per heavy atom. The molecular weight excluding hydrogens is 254 g/mol. The van der Waals surface area contributed by atoms with Gasteiger partial charge < -0.3 is 9.47 Å². The molecule has 1 fully saturated rings. The Bertz CT molecular complexity index is 289. The monoisotopic (exact) mass is 285 g/mol. The van der Waals surface area contributed by atoms with Gasteiger partial charge in [0.15, 0.2) is 0 Å². The molecule has 1 aliphatic carbocycles. The maximum atomic E-state index is 12.1. The van der Waals surface area contributed by atoms with E-state index in [0.717, 1.165) is 31.8 Å². The first kappa shape index (κ1) is 17.4. The van der Waals surface area contributed by atoms with Crippen LogP contribution in [0.2, 0.25) is 0 Å². The molecule has 118 valence electrons. The minimum atomic E-state index is -0.602. The van der Waals surface area contributed by atoms with Crippen LogP contribution in [0.1, 0.15) is 59.8 Å². The molecule has 0 aromatic carbocycles. The highest BCUT2D eigenvalue weighted by atomic mass is 16.5. The SMILES string of the molecule is CCOC(=O)C(C)(CCOCCCC(C)C)NC1CC1. The molecule has 4 nitrogen and oxygen atoms in total. The van der Waals surface area contributed by atoms with E-state index in [4.69, 9.17) is 9.47 Å². The van der Waals surface area contributed by atoms with Crippen LogP contribution in [0.25, 0.3) is 0 Å². The first-order valence-electron chi connectivity index (χ1n) is 8.00. The van der Waals surface area contributed by atoms with Gasteiger partial charge in [-0.2, -0.15) is 0 Å². The van der Waals surface area contributed by atoms with Crippen molar-refractivity contribution in [3.05, 3.63) is 0 Å². The van der Waals surface area contributed by atoms with E-state index in [0.29, 0.717) is 25.7 Å². The Balaban J connectivity index is 2.27. The molecule has 0 aromatic rings. The summed E-state index contributed by atoms with van der Waals surface area (Å²) in [5.41, 5.74) is -0.602. The third-order valence-corrected chi connectivity index (χ3v) is 3.64. The number of carbonyl (C=O) groups excluding carboxylic acids is 1. The summed E-state index contributed by atoms with van der Waals surface area (Å²) in [5.74, 6) is 0.567. The second-order valence-corrected chi connectivity index (χ2v) is 6.37. The van der Waals surface area contributed by atoms with Gasteiger partial charge in [-0.25, -0.2) is 0 Å². The molecule has 1 saturated carbocycles. The number of carbonyl (C=O) groups is 1. The van der Waals surface area contributed by atoms with Crippen molar-refractivity contribution in [2.24, 2.45) is 5.92 Å². The molecular formula is C16H31NO3. The Labute approximate surface area is 123 Å². The second-order valence-electron chi connectivity index (χ2n) is 6.37. The van der Waals surface area contributed by atoms with Crippen molar-refractivity contribution in [2.75, 3.05) is 19.8 Å². The summed E-state index contributed by atoms with van der Waals surface area (Å²) in [7, 11) is 0. The molecule has 0 saturated heterocycles. The lowest BCUT2D eigenvalue weighted by atomic mass is 9.98. The Morgan fingerprint density at radius 3 is 2.60 bits per heavy atom. The molecule has 1 rings (SSSR count). The second kappa shape index (κ2) is 8.63. The third kappa shape index (κ3) is 6.71. The molecule has 4 heteroatoms. The van der Waals surface area contributed by atoms with E-state index in [9.17, 15) is 4.79 Å². The zero-order valence-corrected chi connectivity index (χ0v) is 13.5. The van der Waals surface area contributed by atoms with Crippen molar-refractivity contribution in [3.8, 4) is 0 Å². The summed E-state index contributed by atoms with van der Waals surface area (Å²) in [6.07, 6.45) is 5.26. The van der Waals surface area contributed by atoms with Gasteiger partial charge in [-0.3, -0.25) is 10.1 Å². The fourth-order valence-corrected chi connectivity index (χ4v) is 2.17. The van der Waals surface area contributed by atoms with E-state index in [1.165, 1.54) is 6.42 Å². The topological polar surface area (TPSA) is 47.6 Å². The average Bonchev–Trinajstić information content (AvgIpc) is 3.17. The number of ether oxygens (including phenoxy) is 2. The van der Waals surface area contributed by atoms with Gasteiger partial charge in [0.05, 0.1) is 6.61 Å². The summed E-state index contributed by atoms with van der Waals surface area (Å²) >= 11 is 0. The lowest BCUT2D eigenvalue weighted by Gasteiger charge is -2.28. The Hall–Kier alpha value is -0.610. The highest BCUT2D eigenvalue weighted by Gasteiger charge is 2.39. The van der Waals surface area contributed by atoms with Crippen LogP contribution in [0.3, 0.4) is 0 Å². The van der Waals surface area contributed by atoms with Crippen molar-refractivity contribution in [1.29, 1.82) is 0 Å². The highest BCUT2D eigenvalue weighted by molar-refractivity contribution is 5.80. The predicted molar refractivity (Wildman–Crippen MR) is 80.7 cm³/mol. The number of rotatable bonds is 11. The quantitative estimate of drug-likeness (QED) is 0.468.